The van der Waals surface area contributed by atoms with Crippen molar-refractivity contribution in [2.45, 2.75) is 10.1 Å². The Labute approximate surface area is 79.1 Å². The Hall–Kier alpha value is -1.10. The standard InChI is InChI=1S/C4H4N2O6S2/c7-13(8,9)3-1-5-4(2-6-3)14(10,11)12/h1-2H,(H,7,8,9)(H,10,11,12). The Balaban J connectivity index is 3.28. The molecule has 0 saturated heterocycles. The molecule has 0 saturated carbocycles. The van der Waals surface area contributed by atoms with Crippen LogP contribution in [0.25, 0.3) is 0 Å². The second-order valence-corrected chi connectivity index (χ2v) is 4.88. The summed E-state index contributed by atoms with van der Waals surface area (Å²) in [5, 5.41) is -1.60. The van der Waals surface area contributed by atoms with Gasteiger partial charge in [0.15, 0.2) is 0 Å². The molecular weight excluding hydrogens is 236 g/mol. The van der Waals surface area contributed by atoms with Crippen LogP contribution in [0.2, 0.25) is 0 Å². The summed E-state index contributed by atoms with van der Waals surface area (Å²) in [6, 6.07) is 0. The summed E-state index contributed by atoms with van der Waals surface area (Å²) in [5.74, 6) is 0. The molecule has 1 heterocycles. The molecule has 1 rings (SSSR count). The lowest BCUT2D eigenvalue weighted by molar-refractivity contribution is 0.470. The van der Waals surface area contributed by atoms with Gasteiger partial charge in [-0.15, -0.1) is 0 Å². The van der Waals surface area contributed by atoms with Crippen LogP contribution in [0.5, 0.6) is 0 Å². The lowest BCUT2D eigenvalue weighted by atomic mass is 10.8. The van der Waals surface area contributed by atoms with E-state index in [2.05, 4.69) is 9.97 Å². The van der Waals surface area contributed by atoms with Gasteiger partial charge in [0.25, 0.3) is 0 Å². The van der Waals surface area contributed by atoms with Gasteiger partial charge in [0.05, 0.1) is 12.4 Å². The molecule has 0 atom stereocenters. The summed E-state index contributed by atoms with van der Waals surface area (Å²) in [5.41, 5.74) is 0. The second-order valence-electron chi connectivity index (χ2n) is 2.14. The molecule has 0 aliphatic heterocycles. The van der Waals surface area contributed by atoms with E-state index in [-0.39, 0.29) is 0 Å². The number of aromatic nitrogens is 2. The average molecular weight is 240 g/mol. The fourth-order valence-electron chi connectivity index (χ4n) is 0.571. The summed E-state index contributed by atoms with van der Waals surface area (Å²) >= 11 is 0. The van der Waals surface area contributed by atoms with Crippen LogP contribution in [-0.4, -0.2) is 35.9 Å². The Kier molecular flexibility index (Phi) is 2.54. The molecule has 10 heteroatoms. The summed E-state index contributed by atoms with van der Waals surface area (Å²) < 4.78 is 58.6. The van der Waals surface area contributed by atoms with Crippen molar-refractivity contribution in [3.8, 4) is 0 Å². The van der Waals surface area contributed by atoms with Gasteiger partial charge >= 0.3 is 20.2 Å². The third-order valence-corrected chi connectivity index (χ3v) is 2.61. The number of rotatable bonds is 2. The molecule has 8 nitrogen and oxygen atoms in total. The average Bonchev–Trinajstić information content (AvgIpc) is 2.01. The largest absolute Gasteiger partial charge is 0.313 e. The summed E-state index contributed by atoms with van der Waals surface area (Å²) in [6.45, 7) is 0. The minimum Gasteiger partial charge on any atom is -0.281 e. The Morgan fingerprint density at radius 2 is 1.14 bits per heavy atom. The zero-order chi connectivity index (χ0) is 11.0. The van der Waals surface area contributed by atoms with Crippen molar-refractivity contribution in [3.63, 3.8) is 0 Å². The van der Waals surface area contributed by atoms with E-state index >= 15 is 0 Å². The van der Waals surface area contributed by atoms with E-state index in [1.807, 2.05) is 0 Å². The Bertz CT molecular complexity index is 479. The molecule has 0 fully saturated rings. The summed E-state index contributed by atoms with van der Waals surface area (Å²) in [4.78, 5) is 6.15. The maximum Gasteiger partial charge on any atom is 0.313 e. The Morgan fingerprint density at radius 1 is 0.857 bits per heavy atom. The molecule has 0 spiro atoms. The fourth-order valence-corrected chi connectivity index (χ4v) is 1.31. The first-order valence-electron chi connectivity index (χ1n) is 2.98. The monoisotopic (exact) mass is 240 g/mol. The molecule has 1 aromatic heterocycles. The third-order valence-electron chi connectivity index (χ3n) is 1.13. The van der Waals surface area contributed by atoms with E-state index in [0.717, 1.165) is 0 Å². The van der Waals surface area contributed by atoms with Gasteiger partial charge in [-0.25, -0.2) is 9.97 Å². The van der Waals surface area contributed by atoms with Crippen LogP contribution in [0.4, 0.5) is 0 Å². The zero-order valence-corrected chi connectivity index (χ0v) is 8.03. The van der Waals surface area contributed by atoms with Gasteiger partial charge in [0.2, 0.25) is 10.1 Å². The van der Waals surface area contributed by atoms with Crippen molar-refractivity contribution >= 4 is 20.2 Å². The van der Waals surface area contributed by atoms with Gasteiger partial charge in [-0.05, 0) is 0 Å². The van der Waals surface area contributed by atoms with E-state index in [0.29, 0.717) is 12.4 Å². The molecular formula is C4H4N2O6S2. The minimum absolute atomic E-state index is 0.512. The first kappa shape index (κ1) is 11.0. The highest BCUT2D eigenvalue weighted by Gasteiger charge is 2.16. The van der Waals surface area contributed by atoms with Gasteiger partial charge in [0, 0.05) is 0 Å². The minimum atomic E-state index is -4.52. The normalized spacial score (nSPS) is 12.7. The van der Waals surface area contributed by atoms with Gasteiger partial charge in [-0.1, -0.05) is 0 Å². The van der Waals surface area contributed by atoms with Crippen LogP contribution in [0, 0.1) is 0 Å². The van der Waals surface area contributed by atoms with E-state index in [4.69, 9.17) is 9.11 Å². The van der Waals surface area contributed by atoms with Crippen molar-refractivity contribution in [1.82, 2.24) is 9.97 Å². The van der Waals surface area contributed by atoms with Crippen molar-refractivity contribution in [2.24, 2.45) is 0 Å². The number of hydrogen-bond acceptors (Lipinski definition) is 6. The topological polar surface area (TPSA) is 135 Å². The van der Waals surface area contributed by atoms with Crippen LogP contribution in [0.3, 0.4) is 0 Å². The number of hydrogen-bond donors (Lipinski definition) is 2. The van der Waals surface area contributed by atoms with E-state index < -0.39 is 30.3 Å². The summed E-state index contributed by atoms with van der Waals surface area (Å²) in [7, 11) is -9.03. The smallest absolute Gasteiger partial charge is 0.281 e. The molecule has 0 unspecified atom stereocenters. The van der Waals surface area contributed by atoms with Crippen molar-refractivity contribution in [3.05, 3.63) is 12.4 Å². The molecule has 0 radical (unpaired) electrons. The predicted molar refractivity (Wildman–Crippen MR) is 41.7 cm³/mol. The maximum absolute atomic E-state index is 10.4. The lowest BCUT2D eigenvalue weighted by Crippen LogP contribution is -2.06. The second kappa shape index (κ2) is 3.24. The molecule has 1 aromatic rings. The first-order valence-corrected chi connectivity index (χ1v) is 5.86. The quantitative estimate of drug-likeness (QED) is 0.626. The molecule has 78 valence electrons. The molecule has 0 bridgehead atoms. The first-order chi connectivity index (χ1) is 6.21. The van der Waals surface area contributed by atoms with E-state index in [1.165, 1.54) is 0 Å². The molecule has 14 heavy (non-hydrogen) atoms. The van der Waals surface area contributed by atoms with E-state index in [1.54, 1.807) is 0 Å². The maximum atomic E-state index is 10.4. The molecule has 0 aliphatic carbocycles. The highest BCUT2D eigenvalue weighted by Crippen LogP contribution is 2.06. The predicted octanol–water partition coefficient (Wildman–Crippen LogP) is -1.03. The van der Waals surface area contributed by atoms with E-state index in [9.17, 15) is 16.8 Å². The van der Waals surface area contributed by atoms with Crippen molar-refractivity contribution in [1.29, 1.82) is 0 Å². The van der Waals surface area contributed by atoms with Crippen LogP contribution in [0.1, 0.15) is 0 Å². The molecule has 0 aliphatic rings. The lowest BCUT2D eigenvalue weighted by Gasteiger charge is -1.96. The molecule has 0 aromatic carbocycles. The zero-order valence-electron chi connectivity index (χ0n) is 6.39. The van der Waals surface area contributed by atoms with Crippen LogP contribution >= 0.6 is 0 Å². The van der Waals surface area contributed by atoms with Gasteiger partial charge in [-0.2, -0.15) is 16.8 Å². The van der Waals surface area contributed by atoms with Crippen LogP contribution in [-0.2, 0) is 20.2 Å². The van der Waals surface area contributed by atoms with Crippen LogP contribution < -0.4 is 0 Å². The van der Waals surface area contributed by atoms with Crippen LogP contribution in [0.15, 0.2) is 22.4 Å². The highest BCUT2D eigenvalue weighted by molar-refractivity contribution is 7.86. The molecule has 0 amide bonds. The van der Waals surface area contributed by atoms with Gasteiger partial charge in [-0.3, -0.25) is 9.11 Å². The third kappa shape index (κ3) is 2.45. The van der Waals surface area contributed by atoms with Gasteiger partial charge in [0.1, 0.15) is 0 Å². The van der Waals surface area contributed by atoms with Crippen molar-refractivity contribution < 1.29 is 25.9 Å². The summed E-state index contributed by atoms with van der Waals surface area (Å²) in [6.07, 6.45) is 1.02. The molecule has 2 N–H and O–H groups in total. The van der Waals surface area contributed by atoms with Gasteiger partial charge < -0.3 is 0 Å². The number of nitrogens with zero attached hydrogens (tertiary/aromatic N) is 2. The highest BCUT2D eigenvalue weighted by atomic mass is 32.2. The van der Waals surface area contributed by atoms with Crippen molar-refractivity contribution in [2.75, 3.05) is 0 Å². The fraction of sp³-hybridized carbons (Fsp3) is 0. The SMILES string of the molecule is O=S(=O)(O)c1cnc(S(=O)(=O)O)cn1. The Morgan fingerprint density at radius 3 is 1.29 bits per heavy atom.